The Morgan fingerprint density at radius 2 is 1.84 bits per heavy atom. The average molecular weight is 624 g/mol. The second-order valence-corrected chi connectivity index (χ2v) is 14.0. The second kappa shape index (κ2) is 13.8. The Hall–Kier alpha value is -3.25. The fraction of sp³-hybridized carbons (Fsp3) is 0.515. The van der Waals surface area contributed by atoms with Crippen molar-refractivity contribution in [2.24, 2.45) is 5.92 Å². The molecule has 0 radical (unpaired) electrons. The third kappa shape index (κ3) is 6.71. The van der Waals surface area contributed by atoms with Gasteiger partial charge in [-0.2, -0.15) is 12.7 Å². The van der Waals surface area contributed by atoms with Gasteiger partial charge < -0.3 is 24.3 Å². The molecular weight excluding hydrogens is 578 g/mol. The number of carbonyl (C=O) groups excluding carboxylic acids is 2. The fourth-order valence-electron chi connectivity index (χ4n) is 6.67. The fourth-order valence-corrected chi connectivity index (χ4v) is 7.50. The Morgan fingerprint density at radius 3 is 2.55 bits per heavy atom. The summed E-state index contributed by atoms with van der Waals surface area (Å²) in [5, 5.41) is 4.13. The topological polar surface area (TPSA) is 113 Å². The van der Waals surface area contributed by atoms with Crippen LogP contribution in [0.2, 0.25) is 0 Å². The number of carbonyl (C=O) groups is 2. The molecule has 1 aliphatic heterocycles. The number of benzene rings is 2. The van der Waals surface area contributed by atoms with E-state index < -0.39 is 16.1 Å². The molecular formula is C33H45N5O5S. The molecule has 0 bridgehead atoms. The van der Waals surface area contributed by atoms with E-state index in [0.29, 0.717) is 25.4 Å². The molecule has 1 fully saturated rings. The largest absolute Gasteiger partial charge is 0.497 e. The molecule has 1 saturated carbocycles. The van der Waals surface area contributed by atoms with Gasteiger partial charge in [0.15, 0.2) is 0 Å². The predicted octanol–water partition coefficient (Wildman–Crippen LogP) is 3.79. The molecule has 2 aliphatic rings. The van der Waals surface area contributed by atoms with Crippen molar-refractivity contribution in [3.63, 3.8) is 0 Å². The van der Waals surface area contributed by atoms with Crippen LogP contribution in [0.25, 0.3) is 22.2 Å². The second-order valence-electron chi connectivity index (χ2n) is 12.2. The Morgan fingerprint density at radius 1 is 1.07 bits per heavy atom. The maximum Gasteiger partial charge on any atom is 0.303 e. The van der Waals surface area contributed by atoms with E-state index in [9.17, 15) is 18.0 Å². The van der Waals surface area contributed by atoms with Gasteiger partial charge in [0.05, 0.1) is 12.8 Å². The van der Waals surface area contributed by atoms with Crippen LogP contribution in [0.3, 0.4) is 0 Å². The zero-order chi connectivity index (χ0) is 31.4. The molecule has 11 heteroatoms. The molecule has 0 spiro atoms. The number of fused-ring (bicyclic) bond motifs is 5. The Bertz CT molecular complexity index is 1610. The third-order valence-electron chi connectivity index (χ3n) is 9.21. The molecule has 1 atom stereocenters. The van der Waals surface area contributed by atoms with Crippen molar-refractivity contribution in [1.29, 1.82) is 0 Å². The molecule has 1 unspecified atom stereocenters. The summed E-state index contributed by atoms with van der Waals surface area (Å²) in [6.07, 6.45) is 7.35. The highest BCUT2D eigenvalue weighted by Gasteiger charge is 2.32. The summed E-state index contributed by atoms with van der Waals surface area (Å²) in [5.41, 5.74) is 5.63. The number of nitrogens with zero attached hydrogens (tertiary/aromatic N) is 3. The molecule has 1 aliphatic carbocycles. The van der Waals surface area contributed by atoms with E-state index in [0.717, 1.165) is 65.7 Å². The molecule has 5 rings (SSSR count). The van der Waals surface area contributed by atoms with Crippen LogP contribution in [-0.2, 0) is 28.0 Å². The number of hydrogen-bond donors (Lipinski definition) is 2. The standard InChI is InChI=1S/C33H45N5O5S/c1-34-14-15-36(2)16-17-37(3)44(41,42)35-33(40)25-10-12-29-30(20-25)38-21-23(22-39)18-26-19-27(43-4)11-13-28(26)32(38)31(29)24-8-6-5-7-9-24/h10-13,19-20,22-24,34H,5-9,14-18,21H2,1-4H3,(H,35,40). The lowest BCUT2D eigenvalue weighted by Crippen LogP contribution is -2.44. The molecule has 2 N–H and O–H groups in total. The van der Waals surface area contributed by atoms with E-state index in [2.05, 4.69) is 20.7 Å². The lowest BCUT2D eigenvalue weighted by molar-refractivity contribution is -0.111. The number of rotatable bonds is 12. The van der Waals surface area contributed by atoms with Gasteiger partial charge in [-0.25, -0.2) is 4.72 Å². The van der Waals surface area contributed by atoms with E-state index in [4.69, 9.17) is 4.74 Å². The maximum absolute atomic E-state index is 13.4. The van der Waals surface area contributed by atoms with E-state index in [1.807, 2.05) is 37.2 Å². The first-order valence-electron chi connectivity index (χ1n) is 15.6. The predicted molar refractivity (Wildman–Crippen MR) is 173 cm³/mol. The normalized spacial score (nSPS) is 17.4. The van der Waals surface area contributed by atoms with E-state index in [1.165, 1.54) is 36.2 Å². The molecule has 1 aromatic heterocycles. The van der Waals surface area contributed by atoms with Crippen LogP contribution in [0.4, 0.5) is 0 Å². The number of ether oxygens (including phenoxy) is 1. The molecule has 2 aromatic carbocycles. The Kier molecular flexibility index (Phi) is 10.1. The van der Waals surface area contributed by atoms with E-state index in [1.54, 1.807) is 19.2 Å². The van der Waals surface area contributed by atoms with Gasteiger partial charge in [0, 0.05) is 67.7 Å². The van der Waals surface area contributed by atoms with Crippen molar-refractivity contribution in [3.05, 3.63) is 53.1 Å². The van der Waals surface area contributed by atoms with Gasteiger partial charge in [-0.3, -0.25) is 4.79 Å². The maximum atomic E-state index is 13.4. The zero-order valence-electron chi connectivity index (χ0n) is 26.3. The van der Waals surface area contributed by atoms with Gasteiger partial charge >= 0.3 is 10.2 Å². The molecule has 3 aromatic rings. The van der Waals surface area contributed by atoms with Crippen molar-refractivity contribution in [3.8, 4) is 17.0 Å². The van der Waals surface area contributed by atoms with Crippen LogP contribution in [0, 0.1) is 5.92 Å². The number of methoxy groups -OCH3 is 1. The monoisotopic (exact) mass is 623 g/mol. The summed E-state index contributed by atoms with van der Waals surface area (Å²) >= 11 is 0. The van der Waals surface area contributed by atoms with Crippen LogP contribution in [0.5, 0.6) is 5.75 Å². The quantitative estimate of drug-likeness (QED) is 0.295. The molecule has 1 amide bonds. The van der Waals surface area contributed by atoms with Crippen LogP contribution in [0.15, 0.2) is 36.4 Å². The Balaban J connectivity index is 1.52. The average Bonchev–Trinajstić information content (AvgIpc) is 3.24. The molecule has 238 valence electrons. The summed E-state index contributed by atoms with van der Waals surface area (Å²) in [5.74, 6) is 0.189. The van der Waals surface area contributed by atoms with Crippen LogP contribution >= 0.6 is 0 Å². The number of likely N-dealkylation sites (N-methyl/N-ethyl adjacent to an activating group) is 3. The summed E-state index contributed by atoms with van der Waals surface area (Å²) in [4.78, 5) is 27.7. The summed E-state index contributed by atoms with van der Waals surface area (Å²) in [6.45, 7) is 2.84. The molecule has 0 saturated heterocycles. The highest BCUT2D eigenvalue weighted by atomic mass is 32.2. The van der Waals surface area contributed by atoms with Gasteiger partial charge in [-0.15, -0.1) is 0 Å². The number of aromatic nitrogens is 1. The summed E-state index contributed by atoms with van der Waals surface area (Å²) in [7, 11) is 2.87. The zero-order valence-corrected chi connectivity index (χ0v) is 27.1. The van der Waals surface area contributed by atoms with Crippen LogP contribution in [-0.4, -0.2) is 88.8 Å². The minimum Gasteiger partial charge on any atom is -0.497 e. The van der Waals surface area contributed by atoms with Crippen LogP contribution < -0.4 is 14.8 Å². The molecule has 44 heavy (non-hydrogen) atoms. The third-order valence-corrected chi connectivity index (χ3v) is 10.7. The van der Waals surface area contributed by atoms with Gasteiger partial charge in [0.25, 0.3) is 5.91 Å². The van der Waals surface area contributed by atoms with Gasteiger partial charge in [0.2, 0.25) is 0 Å². The van der Waals surface area contributed by atoms with Gasteiger partial charge in [0.1, 0.15) is 12.0 Å². The minimum absolute atomic E-state index is 0.246. The molecule has 2 heterocycles. The minimum atomic E-state index is -4.05. The van der Waals surface area contributed by atoms with Crippen molar-refractivity contribution in [2.45, 2.75) is 51.0 Å². The first kappa shape index (κ1) is 32.2. The van der Waals surface area contributed by atoms with Crippen LogP contribution in [0.1, 0.15) is 59.5 Å². The lowest BCUT2D eigenvalue weighted by atomic mass is 9.81. The number of aldehydes is 1. The van der Waals surface area contributed by atoms with E-state index >= 15 is 0 Å². The summed E-state index contributed by atoms with van der Waals surface area (Å²) < 4.78 is 37.3. The van der Waals surface area contributed by atoms with Crippen molar-refractivity contribution in [1.82, 2.24) is 23.8 Å². The highest BCUT2D eigenvalue weighted by molar-refractivity contribution is 7.87. The van der Waals surface area contributed by atoms with Gasteiger partial charge in [-0.1, -0.05) is 25.3 Å². The van der Waals surface area contributed by atoms with Crippen molar-refractivity contribution >= 4 is 33.3 Å². The van der Waals surface area contributed by atoms with Crippen molar-refractivity contribution in [2.75, 3.05) is 54.4 Å². The lowest BCUT2D eigenvalue weighted by Gasteiger charge is -2.24. The number of hydrogen-bond acceptors (Lipinski definition) is 7. The number of amides is 1. The van der Waals surface area contributed by atoms with Gasteiger partial charge in [-0.05, 0) is 80.7 Å². The number of nitrogens with one attached hydrogen (secondary N) is 2. The first-order chi connectivity index (χ1) is 21.2. The van der Waals surface area contributed by atoms with E-state index in [-0.39, 0.29) is 18.0 Å². The SMILES string of the molecule is CNCCN(C)CCN(C)S(=O)(=O)NC(=O)c1ccc2c(C3CCCCC3)c3n(c2c1)CC(C=O)Cc1cc(OC)ccc1-3. The Labute approximate surface area is 260 Å². The smallest absolute Gasteiger partial charge is 0.303 e. The highest BCUT2D eigenvalue weighted by Crippen LogP contribution is 2.47. The first-order valence-corrected chi connectivity index (χ1v) is 17.0. The summed E-state index contributed by atoms with van der Waals surface area (Å²) in [6, 6.07) is 11.6. The molecule has 10 nitrogen and oxygen atoms in total. The van der Waals surface area contributed by atoms with Crippen molar-refractivity contribution < 1.29 is 22.7 Å².